The van der Waals surface area contributed by atoms with Crippen LogP contribution in [0, 0.1) is 0 Å². The lowest BCUT2D eigenvalue weighted by Gasteiger charge is -2.19. The van der Waals surface area contributed by atoms with E-state index in [1.807, 2.05) is 20.8 Å². The van der Waals surface area contributed by atoms with Crippen molar-refractivity contribution in [1.82, 2.24) is 5.32 Å². The van der Waals surface area contributed by atoms with Gasteiger partial charge in [0, 0.05) is 13.2 Å². The van der Waals surface area contributed by atoms with Crippen molar-refractivity contribution < 1.29 is 23.7 Å². The first-order valence-electron chi connectivity index (χ1n) is 9.66. The van der Waals surface area contributed by atoms with E-state index in [-0.39, 0.29) is 0 Å². The Balaban J connectivity index is 3.13. The number of rotatable bonds is 16. The number of carbonyl (C=O) groups excluding carboxylic acids is 1. The summed E-state index contributed by atoms with van der Waals surface area (Å²) >= 11 is 0. The zero-order valence-electron chi connectivity index (χ0n) is 16.7. The molecule has 150 valence electrons. The van der Waals surface area contributed by atoms with Gasteiger partial charge in [-0.1, -0.05) is 39.0 Å². The van der Waals surface area contributed by atoms with Crippen molar-refractivity contribution in [2.24, 2.45) is 0 Å². The van der Waals surface area contributed by atoms with E-state index in [4.69, 9.17) is 18.9 Å². The largest absolute Gasteiger partial charge is 0.444 e. The molecular weight excluding hydrogens is 322 g/mol. The summed E-state index contributed by atoms with van der Waals surface area (Å²) in [5.41, 5.74) is -0.476. The predicted molar refractivity (Wildman–Crippen MR) is 100 cm³/mol. The van der Waals surface area contributed by atoms with E-state index in [0.29, 0.717) is 39.6 Å². The highest BCUT2D eigenvalue weighted by atomic mass is 16.6. The molecule has 0 heterocycles. The van der Waals surface area contributed by atoms with E-state index in [0.717, 1.165) is 13.0 Å². The highest BCUT2D eigenvalue weighted by Crippen LogP contribution is 2.06. The fraction of sp³-hybridized carbons (Fsp3) is 0.947. The number of amides is 1. The van der Waals surface area contributed by atoms with Crippen molar-refractivity contribution in [3.8, 4) is 0 Å². The molecule has 0 bridgehead atoms. The minimum absolute atomic E-state index is 0.421. The first kappa shape index (κ1) is 24.1. The van der Waals surface area contributed by atoms with Gasteiger partial charge in [0.05, 0.1) is 33.0 Å². The normalized spacial score (nSPS) is 11.5. The van der Waals surface area contributed by atoms with Gasteiger partial charge in [0.1, 0.15) is 5.60 Å². The number of hydrogen-bond acceptors (Lipinski definition) is 5. The highest BCUT2D eigenvalue weighted by Gasteiger charge is 2.15. The van der Waals surface area contributed by atoms with Crippen LogP contribution in [0.3, 0.4) is 0 Å². The highest BCUT2D eigenvalue weighted by molar-refractivity contribution is 5.67. The second-order valence-electron chi connectivity index (χ2n) is 7.03. The molecule has 0 aliphatic carbocycles. The molecule has 0 aromatic carbocycles. The molecule has 0 unspecified atom stereocenters. The molecule has 0 saturated carbocycles. The summed E-state index contributed by atoms with van der Waals surface area (Å²) < 4.78 is 21.4. The van der Waals surface area contributed by atoms with Gasteiger partial charge in [0.15, 0.2) is 0 Å². The lowest BCUT2D eigenvalue weighted by Crippen LogP contribution is -2.34. The van der Waals surface area contributed by atoms with E-state index in [1.165, 1.54) is 32.1 Å². The van der Waals surface area contributed by atoms with Crippen molar-refractivity contribution in [2.75, 3.05) is 46.2 Å². The van der Waals surface area contributed by atoms with Gasteiger partial charge in [-0.2, -0.15) is 0 Å². The van der Waals surface area contributed by atoms with Crippen LogP contribution in [0.15, 0.2) is 0 Å². The first-order valence-corrected chi connectivity index (χ1v) is 9.66. The lowest BCUT2D eigenvalue weighted by molar-refractivity contribution is 0.0133. The van der Waals surface area contributed by atoms with Gasteiger partial charge < -0.3 is 24.3 Å². The molecule has 0 spiro atoms. The van der Waals surface area contributed by atoms with Crippen LogP contribution in [0.2, 0.25) is 0 Å². The Kier molecular flexibility index (Phi) is 16.0. The molecule has 25 heavy (non-hydrogen) atoms. The van der Waals surface area contributed by atoms with Crippen LogP contribution in [0.4, 0.5) is 4.79 Å². The summed E-state index contributed by atoms with van der Waals surface area (Å²) in [5.74, 6) is 0. The zero-order valence-corrected chi connectivity index (χ0v) is 16.7. The Morgan fingerprint density at radius 3 is 1.88 bits per heavy atom. The first-order chi connectivity index (χ1) is 12.0. The molecule has 0 atom stereocenters. The molecule has 0 aliphatic rings. The van der Waals surface area contributed by atoms with Crippen LogP contribution >= 0.6 is 0 Å². The van der Waals surface area contributed by atoms with Crippen LogP contribution in [-0.4, -0.2) is 57.9 Å². The smallest absolute Gasteiger partial charge is 0.407 e. The Morgan fingerprint density at radius 1 is 0.760 bits per heavy atom. The third-order valence-corrected chi connectivity index (χ3v) is 3.30. The third kappa shape index (κ3) is 21.1. The molecule has 6 nitrogen and oxygen atoms in total. The van der Waals surface area contributed by atoms with E-state index < -0.39 is 11.7 Å². The van der Waals surface area contributed by atoms with Crippen LogP contribution in [0.5, 0.6) is 0 Å². The Labute approximate surface area is 153 Å². The second kappa shape index (κ2) is 16.6. The number of ether oxygens (including phenoxy) is 4. The van der Waals surface area contributed by atoms with E-state index in [1.54, 1.807) is 0 Å². The van der Waals surface area contributed by atoms with Gasteiger partial charge in [-0.3, -0.25) is 0 Å². The molecule has 0 fully saturated rings. The second-order valence-corrected chi connectivity index (χ2v) is 7.03. The van der Waals surface area contributed by atoms with Crippen LogP contribution < -0.4 is 5.32 Å². The zero-order chi connectivity index (χ0) is 18.8. The maximum absolute atomic E-state index is 11.4. The SMILES string of the molecule is CCCCCCCCOCCOCCOCCNC(=O)OC(C)(C)C. The molecule has 0 radical (unpaired) electrons. The van der Waals surface area contributed by atoms with Gasteiger partial charge >= 0.3 is 6.09 Å². The lowest BCUT2D eigenvalue weighted by atomic mass is 10.1. The van der Waals surface area contributed by atoms with Crippen LogP contribution in [-0.2, 0) is 18.9 Å². The average molecular weight is 362 g/mol. The quantitative estimate of drug-likeness (QED) is 0.422. The summed E-state index contributed by atoms with van der Waals surface area (Å²) in [4.78, 5) is 11.4. The molecule has 1 N–H and O–H groups in total. The number of hydrogen-bond donors (Lipinski definition) is 1. The molecular formula is C19H39NO5. The van der Waals surface area contributed by atoms with E-state index in [9.17, 15) is 4.79 Å². The predicted octanol–water partition coefficient (Wildman–Crippen LogP) is 3.92. The molecule has 0 aromatic heterocycles. The fourth-order valence-corrected chi connectivity index (χ4v) is 2.07. The van der Waals surface area contributed by atoms with Crippen molar-refractivity contribution in [3.63, 3.8) is 0 Å². The topological polar surface area (TPSA) is 66.0 Å². The maximum atomic E-state index is 11.4. The van der Waals surface area contributed by atoms with Crippen molar-refractivity contribution >= 4 is 6.09 Å². The summed E-state index contributed by atoms with van der Waals surface area (Å²) in [6.07, 6.45) is 7.26. The van der Waals surface area contributed by atoms with Gasteiger partial charge in [0.2, 0.25) is 0 Å². The molecule has 0 aromatic rings. The van der Waals surface area contributed by atoms with Crippen molar-refractivity contribution in [1.29, 1.82) is 0 Å². The molecule has 1 amide bonds. The monoisotopic (exact) mass is 361 g/mol. The molecule has 0 aliphatic heterocycles. The summed E-state index contributed by atoms with van der Waals surface area (Å²) in [5, 5.41) is 2.64. The molecule has 6 heteroatoms. The Morgan fingerprint density at radius 2 is 1.28 bits per heavy atom. The minimum Gasteiger partial charge on any atom is -0.444 e. The van der Waals surface area contributed by atoms with Crippen molar-refractivity contribution in [2.45, 2.75) is 71.8 Å². The summed E-state index contributed by atoms with van der Waals surface area (Å²) in [6.45, 7) is 11.7. The minimum atomic E-state index is -0.476. The number of carbonyl (C=O) groups is 1. The van der Waals surface area contributed by atoms with Gasteiger partial charge in [0.25, 0.3) is 0 Å². The average Bonchev–Trinajstić information content (AvgIpc) is 2.53. The number of nitrogens with one attached hydrogen (secondary N) is 1. The van der Waals surface area contributed by atoms with Gasteiger partial charge in [-0.25, -0.2) is 4.79 Å². The summed E-state index contributed by atoms with van der Waals surface area (Å²) in [6, 6.07) is 0. The van der Waals surface area contributed by atoms with Crippen LogP contribution in [0.25, 0.3) is 0 Å². The number of alkyl carbamates (subject to hydrolysis) is 1. The van der Waals surface area contributed by atoms with Crippen molar-refractivity contribution in [3.05, 3.63) is 0 Å². The maximum Gasteiger partial charge on any atom is 0.407 e. The molecule has 0 saturated heterocycles. The summed E-state index contributed by atoms with van der Waals surface area (Å²) in [7, 11) is 0. The molecule has 0 rings (SSSR count). The van der Waals surface area contributed by atoms with Crippen LogP contribution in [0.1, 0.15) is 66.2 Å². The fourth-order valence-electron chi connectivity index (χ4n) is 2.07. The Hall–Kier alpha value is -0.850. The standard InChI is InChI=1S/C19H39NO5/c1-5-6-7-8-9-10-12-22-14-16-24-17-15-23-13-11-20-18(21)25-19(2,3)4/h5-17H2,1-4H3,(H,20,21). The third-order valence-electron chi connectivity index (χ3n) is 3.30. The van der Waals surface area contributed by atoms with Gasteiger partial charge in [-0.15, -0.1) is 0 Å². The number of unbranched alkanes of at least 4 members (excludes halogenated alkanes) is 5. The van der Waals surface area contributed by atoms with Gasteiger partial charge in [-0.05, 0) is 27.2 Å². The van der Waals surface area contributed by atoms with E-state index >= 15 is 0 Å². The van der Waals surface area contributed by atoms with E-state index in [2.05, 4.69) is 12.2 Å². The Bertz CT molecular complexity index is 305.